The molecule has 0 spiro atoms. The van der Waals surface area contributed by atoms with E-state index in [0.717, 1.165) is 18.6 Å². The maximum atomic E-state index is 11.7. The van der Waals surface area contributed by atoms with Crippen LogP contribution in [0.1, 0.15) is 33.1 Å². The number of carbonyl (C=O) groups excluding carboxylic acids is 1. The maximum absolute atomic E-state index is 11.7. The third kappa shape index (κ3) is 1.61. The fraction of sp³-hybridized carbons (Fsp3) is 0.818. The molecule has 2 atom stereocenters. The predicted molar refractivity (Wildman–Crippen MR) is 62.4 cm³/mol. The van der Waals surface area contributed by atoms with Gasteiger partial charge in [-0.2, -0.15) is 11.8 Å². The minimum absolute atomic E-state index is 0.0190. The van der Waals surface area contributed by atoms with E-state index in [4.69, 9.17) is 0 Å². The minimum Gasteiger partial charge on any atom is -0.479 e. The van der Waals surface area contributed by atoms with Gasteiger partial charge in [-0.05, 0) is 25.0 Å². The smallest absolute Gasteiger partial charge is 0.330 e. The summed E-state index contributed by atoms with van der Waals surface area (Å²) in [6, 6.07) is 0.162. The third-order valence-corrected chi connectivity index (χ3v) is 4.90. The third-order valence-electron chi connectivity index (χ3n) is 3.58. The number of nitrogens with zero attached hydrogens (tertiary/aromatic N) is 1. The van der Waals surface area contributed by atoms with Crippen LogP contribution in [-0.2, 0) is 9.59 Å². The van der Waals surface area contributed by atoms with Gasteiger partial charge in [0.05, 0.1) is 0 Å². The van der Waals surface area contributed by atoms with Crippen molar-refractivity contribution in [3.8, 4) is 0 Å². The second-order valence-electron chi connectivity index (χ2n) is 4.61. The summed E-state index contributed by atoms with van der Waals surface area (Å²) in [5, 5.41) is 9.50. The summed E-state index contributed by atoms with van der Waals surface area (Å²) in [6.45, 7) is 3.41. The average molecular weight is 243 g/mol. The Bertz CT molecular complexity index is 329. The molecule has 2 unspecified atom stereocenters. The summed E-state index contributed by atoms with van der Waals surface area (Å²) in [6.07, 6.45) is 2.47. The maximum Gasteiger partial charge on any atom is 0.330 e. The molecule has 1 saturated carbocycles. The van der Waals surface area contributed by atoms with Crippen molar-refractivity contribution in [3.63, 3.8) is 0 Å². The largest absolute Gasteiger partial charge is 0.479 e. The van der Waals surface area contributed by atoms with E-state index in [2.05, 4.69) is 0 Å². The van der Waals surface area contributed by atoms with Gasteiger partial charge in [0.15, 0.2) is 5.54 Å². The fourth-order valence-electron chi connectivity index (χ4n) is 2.63. The molecule has 0 radical (unpaired) electrons. The molecule has 0 aromatic rings. The topological polar surface area (TPSA) is 57.6 Å². The van der Waals surface area contributed by atoms with Crippen LogP contribution in [0.3, 0.4) is 0 Å². The van der Waals surface area contributed by atoms with Crippen molar-refractivity contribution in [1.82, 2.24) is 4.90 Å². The Kier molecular flexibility index (Phi) is 2.90. The van der Waals surface area contributed by atoms with Gasteiger partial charge in [-0.15, -0.1) is 0 Å². The number of carboxylic acids is 1. The van der Waals surface area contributed by atoms with Crippen LogP contribution in [0.5, 0.6) is 0 Å². The Morgan fingerprint density at radius 1 is 1.44 bits per heavy atom. The molecule has 2 rings (SSSR count). The van der Waals surface area contributed by atoms with Gasteiger partial charge in [0.25, 0.3) is 0 Å². The number of aliphatic carboxylic acids is 1. The summed E-state index contributed by atoms with van der Waals surface area (Å²) < 4.78 is 0. The van der Waals surface area contributed by atoms with Crippen molar-refractivity contribution in [2.75, 3.05) is 5.75 Å². The summed E-state index contributed by atoms with van der Waals surface area (Å²) in [5.41, 5.74) is -0.961. The monoisotopic (exact) mass is 243 g/mol. The molecule has 5 heteroatoms. The van der Waals surface area contributed by atoms with Crippen molar-refractivity contribution in [3.05, 3.63) is 0 Å². The molecule has 1 amide bonds. The molecule has 1 aliphatic carbocycles. The molecule has 2 fully saturated rings. The first-order valence-corrected chi connectivity index (χ1v) is 6.70. The molecule has 4 nitrogen and oxygen atoms in total. The van der Waals surface area contributed by atoms with E-state index in [1.54, 1.807) is 16.7 Å². The Hall–Kier alpha value is -0.710. The van der Waals surface area contributed by atoms with Crippen molar-refractivity contribution >= 4 is 23.6 Å². The molecule has 0 aromatic heterocycles. The van der Waals surface area contributed by atoms with E-state index < -0.39 is 11.5 Å². The minimum atomic E-state index is -0.961. The first-order chi connectivity index (χ1) is 7.50. The van der Waals surface area contributed by atoms with Crippen LogP contribution in [0.15, 0.2) is 0 Å². The second-order valence-corrected chi connectivity index (χ2v) is 6.06. The van der Waals surface area contributed by atoms with Gasteiger partial charge >= 0.3 is 5.97 Å². The van der Waals surface area contributed by atoms with Gasteiger partial charge in [-0.3, -0.25) is 4.79 Å². The Morgan fingerprint density at radius 3 is 2.38 bits per heavy atom. The highest BCUT2D eigenvalue weighted by Crippen LogP contribution is 2.45. The first kappa shape index (κ1) is 11.8. The lowest BCUT2D eigenvalue weighted by Gasteiger charge is -2.40. The SMILES string of the molecule is CC(=O)N(C1CC1)C1(C(=O)O)CCSC1C. The van der Waals surface area contributed by atoms with E-state index in [1.165, 1.54) is 6.92 Å². The quantitative estimate of drug-likeness (QED) is 0.813. The lowest BCUT2D eigenvalue weighted by molar-refractivity contribution is -0.159. The van der Waals surface area contributed by atoms with E-state index in [9.17, 15) is 14.7 Å². The second kappa shape index (κ2) is 3.95. The lowest BCUT2D eigenvalue weighted by atomic mass is 9.90. The molecule has 1 saturated heterocycles. The highest BCUT2D eigenvalue weighted by atomic mass is 32.2. The zero-order valence-corrected chi connectivity index (χ0v) is 10.4. The summed E-state index contributed by atoms with van der Waals surface area (Å²) in [7, 11) is 0. The highest BCUT2D eigenvalue weighted by molar-refractivity contribution is 8.00. The molecular weight excluding hydrogens is 226 g/mol. The van der Waals surface area contributed by atoms with Crippen LogP contribution in [0.4, 0.5) is 0 Å². The Balaban J connectivity index is 2.36. The van der Waals surface area contributed by atoms with Crippen LogP contribution in [-0.4, -0.2) is 44.5 Å². The van der Waals surface area contributed by atoms with E-state index in [0.29, 0.717) is 6.42 Å². The normalized spacial score (nSPS) is 33.8. The molecule has 1 heterocycles. The highest BCUT2D eigenvalue weighted by Gasteiger charge is 2.56. The van der Waals surface area contributed by atoms with Gasteiger partial charge in [0.2, 0.25) is 5.91 Å². The van der Waals surface area contributed by atoms with Crippen LogP contribution in [0.25, 0.3) is 0 Å². The Labute approximate surface area is 99.4 Å². The number of hydrogen-bond donors (Lipinski definition) is 1. The summed E-state index contributed by atoms with van der Waals surface area (Å²) in [5.74, 6) is -0.115. The van der Waals surface area contributed by atoms with Gasteiger partial charge in [-0.1, -0.05) is 6.92 Å². The first-order valence-electron chi connectivity index (χ1n) is 5.65. The number of hydrogen-bond acceptors (Lipinski definition) is 3. The van der Waals surface area contributed by atoms with Crippen molar-refractivity contribution in [2.24, 2.45) is 0 Å². The molecule has 2 aliphatic rings. The predicted octanol–water partition coefficient (Wildman–Crippen LogP) is 1.35. The van der Waals surface area contributed by atoms with E-state index in [-0.39, 0.29) is 17.2 Å². The van der Waals surface area contributed by atoms with Crippen molar-refractivity contribution < 1.29 is 14.7 Å². The van der Waals surface area contributed by atoms with Crippen LogP contribution in [0, 0.1) is 0 Å². The summed E-state index contributed by atoms with van der Waals surface area (Å²) in [4.78, 5) is 25.0. The van der Waals surface area contributed by atoms with Gasteiger partial charge in [0.1, 0.15) is 0 Å². The van der Waals surface area contributed by atoms with Crippen molar-refractivity contribution in [1.29, 1.82) is 0 Å². The molecular formula is C11H17NO3S. The number of thioether (sulfide) groups is 1. The zero-order valence-electron chi connectivity index (χ0n) is 9.60. The standard InChI is InChI=1S/C11H17NO3S/c1-7-11(10(14)15,5-6-16-7)12(8(2)13)9-3-4-9/h7,9H,3-6H2,1-2H3,(H,14,15). The van der Waals surface area contributed by atoms with Crippen LogP contribution in [0.2, 0.25) is 0 Å². The van der Waals surface area contributed by atoms with Crippen LogP contribution < -0.4 is 0 Å². The average Bonchev–Trinajstić information content (AvgIpc) is 2.91. The molecule has 0 aromatic carbocycles. The van der Waals surface area contributed by atoms with E-state index >= 15 is 0 Å². The molecule has 90 valence electrons. The number of amides is 1. The van der Waals surface area contributed by atoms with Gasteiger partial charge < -0.3 is 10.0 Å². The molecule has 1 aliphatic heterocycles. The van der Waals surface area contributed by atoms with Crippen molar-refractivity contribution in [2.45, 2.75) is 49.9 Å². The van der Waals surface area contributed by atoms with E-state index in [1.807, 2.05) is 6.92 Å². The molecule has 16 heavy (non-hydrogen) atoms. The molecule has 1 N–H and O–H groups in total. The van der Waals surface area contributed by atoms with Gasteiger partial charge in [0, 0.05) is 18.2 Å². The Morgan fingerprint density at radius 2 is 2.06 bits per heavy atom. The number of rotatable bonds is 3. The molecule has 0 bridgehead atoms. The fourth-order valence-corrected chi connectivity index (χ4v) is 4.02. The lowest BCUT2D eigenvalue weighted by Crippen LogP contribution is -2.60. The summed E-state index contributed by atoms with van der Waals surface area (Å²) >= 11 is 1.65. The number of carbonyl (C=O) groups is 2. The zero-order chi connectivity index (χ0) is 11.9. The van der Waals surface area contributed by atoms with Gasteiger partial charge in [-0.25, -0.2) is 4.79 Å². The van der Waals surface area contributed by atoms with Crippen LogP contribution >= 0.6 is 11.8 Å². The number of carboxylic acid groups (broad SMARTS) is 1.